The summed E-state index contributed by atoms with van der Waals surface area (Å²) in [5, 5.41) is 0.590. The van der Waals surface area contributed by atoms with E-state index in [1.54, 1.807) is 12.1 Å². The van der Waals surface area contributed by atoms with Crippen molar-refractivity contribution in [2.24, 2.45) is 0 Å². The summed E-state index contributed by atoms with van der Waals surface area (Å²) in [6, 6.07) is 8.77. The largest absolute Gasteiger partial charge is 0.307 e. The maximum atomic E-state index is 14.1. The van der Waals surface area contributed by atoms with E-state index in [0.717, 1.165) is 43.6 Å². The smallest absolute Gasteiger partial charge is 0.264 e. The van der Waals surface area contributed by atoms with Crippen molar-refractivity contribution in [2.75, 3.05) is 31.6 Å². The Morgan fingerprint density at radius 1 is 1.22 bits per heavy atom. The van der Waals surface area contributed by atoms with Gasteiger partial charge in [0.1, 0.15) is 17.2 Å². The molecule has 0 fully saturated rings. The van der Waals surface area contributed by atoms with Gasteiger partial charge < -0.3 is 9.80 Å². The van der Waals surface area contributed by atoms with Crippen LogP contribution in [0, 0.1) is 11.6 Å². The maximum absolute atomic E-state index is 14.1. The summed E-state index contributed by atoms with van der Waals surface area (Å²) >= 11 is 6.16. The number of nitrogens with zero attached hydrogens (tertiary/aromatic N) is 2. The van der Waals surface area contributed by atoms with Crippen LogP contribution in [-0.4, -0.2) is 37.5 Å². The highest BCUT2D eigenvalue weighted by molar-refractivity contribution is 6.30. The van der Waals surface area contributed by atoms with Gasteiger partial charge >= 0.3 is 0 Å². The SMILES string of the molecule is CCCN(C)CCC1CN(C(=O)c2c(F)cccc2F)c2ccc(Cl)cc21. The standard InChI is InChI=1S/C21H23ClF2N2O/c1-3-10-25(2)11-9-14-13-26(19-8-7-15(22)12-16(14)19)21(27)20-17(23)5-4-6-18(20)24/h4-8,12,14H,3,9-11,13H2,1-2H3. The van der Waals surface area contributed by atoms with Crippen molar-refractivity contribution < 1.29 is 13.6 Å². The third-order valence-electron chi connectivity index (χ3n) is 5.01. The van der Waals surface area contributed by atoms with E-state index in [2.05, 4.69) is 18.9 Å². The number of anilines is 1. The molecule has 1 aliphatic heterocycles. The lowest BCUT2D eigenvalue weighted by Gasteiger charge is -2.20. The summed E-state index contributed by atoms with van der Waals surface area (Å²) in [6.07, 6.45) is 1.91. The number of benzene rings is 2. The van der Waals surface area contributed by atoms with Crippen LogP contribution in [0.4, 0.5) is 14.5 Å². The van der Waals surface area contributed by atoms with Gasteiger partial charge in [0.05, 0.1) is 0 Å². The van der Waals surface area contributed by atoms with E-state index in [-0.39, 0.29) is 5.92 Å². The summed E-state index contributed by atoms with van der Waals surface area (Å²) in [6.45, 7) is 4.39. The van der Waals surface area contributed by atoms with Crippen molar-refractivity contribution in [1.82, 2.24) is 4.90 Å². The lowest BCUT2D eigenvalue weighted by molar-refractivity contribution is 0.0979. The average Bonchev–Trinajstić information content (AvgIpc) is 2.98. The van der Waals surface area contributed by atoms with Crippen LogP contribution >= 0.6 is 11.6 Å². The molecule has 27 heavy (non-hydrogen) atoms. The first-order valence-electron chi connectivity index (χ1n) is 9.16. The summed E-state index contributed by atoms with van der Waals surface area (Å²) in [4.78, 5) is 16.6. The molecule has 1 amide bonds. The number of carbonyl (C=O) groups excluding carboxylic acids is 1. The van der Waals surface area contributed by atoms with Crippen molar-refractivity contribution in [2.45, 2.75) is 25.7 Å². The van der Waals surface area contributed by atoms with E-state index < -0.39 is 23.1 Å². The Kier molecular flexibility index (Phi) is 6.12. The maximum Gasteiger partial charge on any atom is 0.264 e. The molecule has 3 rings (SSSR count). The van der Waals surface area contributed by atoms with Gasteiger partial charge in [-0.05, 0) is 68.9 Å². The van der Waals surface area contributed by atoms with Crippen molar-refractivity contribution in [3.8, 4) is 0 Å². The summed E-state index contributed by atoms with van der Waals surface area (Å²) in [7, 11) is 2.06. The van der Waals surface area contributed by atoms with E-state index in [0.29, 0.717) is 17.3 Å². The zero-order valence-electron chi connectivity index (χ0n) is 15.5. The normalized spacial score (nSPS) is 16.1. The van der Waals surface area contributed by atoms with E-state index in [1.165, 1.54) is 11.0 Å². The minimum Gasteiger partial charge on any atom is -0.307 e. The zero-order valence-corrected chi connectivity index (χ0v) is 16.3. The molecule has 2 aromatic carbocycles. The first-order valence-corrected chi connectivity index (χ1v) is 9.54. The van der Waals surface area contributed by atoms with E-state index in [9.17, 15) is 13.6 Å². The van der Waals surface area contributed by atoms with Crippen LogP contribution in [0.15, 0.2) is 36.4 Å². The van der Waals surface area contributed by atoms with Gasteiger partial charge in [0.2, 0.25) is 0 Å². The number of rotatable bonds is 6. The van der Waals surface area contributed by atoms with Gasteiger partial charge in [-0.2, -0.15) is 0 Å². The lowest BCUT2D eigenvalue weighted by Crippen LogP contribution is -2.32. The van der Waals surface area contributed by atoms with E-state index in [4.69, 9.17) is 11.6 Å². The Bertz CT molecular complexity index is 823. The van der Waals surface area contributed by atoms with Gasteiger partial charge in [-0.1, -0.05) is 24.6 Å². The fraction of sp³-hybridized carbons (Fsp3) is 0.381. The predicted octanol–water partition coefficient (Wildman–Crippen LogP) is 5.09. The summed E-state index contributed by atoms with van der Waals surface area (Å²) in [5.74, 6) is -2.27. The highest BCUT2D eigenvalue weighted by Gasteiger charge is 2.35. The van der Waals surface area contributed by atoms with Crippen LogP contribution in [0.25, 0.3) is 0 Å². The second-order valence-electron chi connectivity index (χ2n) is 7.00. The molecule has 0 aliphatic carbocycles. The monoisotopic (exact) mass is 392 g/mol. The van der Waals surface area contributed by atoms with Crippen LogP contribution in [0.1, 0.15) is 41.6 Å². The molecule has 144 valence electrons. The fourth-order valence-corrected chi connectivity index (χ4v) is 3.84. The Balaban J connectivity index is 1.89. The Morgan fingerprint density at radius 3 is 2.59 bits per heavy atom. The lowest BCUT2D eigenvalue weighted by atomic mass is 9.98. The molecule has 1 aliphatic rings. The minimum absolute atomic E-state index is 0.0804. The Morgan fingerprint density at radius 2 is 1.93 bits per heavy atom. The Hall–Kier alpha value is -1.98. The number of halogens is 3. The topological polar surface area (TPSA) is 23.6 Å². The summed E-state index contributed by atoms with van der Waals surface area (Å²) in [5.41, 5.74) is 1.12. The molecule has 1 atom stereocenters. The molecular weight excluding hydrogens is 370 g/mol. The van der Waals surface area contributed by atoms with Crippen molar-refractivity contribution in [1.29, 1.82) is 0 Å². The molecule has 6 heteroatoms. The minimum atomic E-state index is -0.846. The third kappa shape index (κ3) is 4.14. The second kappa shape index (κ2) is 8.36. The Labute approximate surface area is 163 Å². The third-order valence-corrected chi connectivity index (χ3v) is 5.24. The van der Waals surface area contributed by atoms with Gasteiger partial charge in [0, 0.05) is 23.2 Å². The van der Waals surface area contributed by atoms with Crippen LogP contribution in [-0.2, 0) is 0 Å². The second-order valence-corrected chi connectivity index (χ2v) is 7.44. The number of carbonyl (C=O) groups is 1. The van der Waals surface area contributed by atoms with Crippen LogP contribution in [0.2, 0.25) is 5.02 Å². The zero-order chi connectivity index (χ0) is 19.6. The molecule has 0 spiro atoms. The molecule has 0 aromatic heterocycles. The number of hydrogen-bond acceptors (Lipinski definition) is 2. The van der Waals surface area contributed by atoms with Crippen molar-refractivity contribution >= 4 is 23.2 Å². The first kappa shape index (κ1) is 19.8. The molecule has 0 N–H and O–H groups in total. The van der Waals surface area contributed by atoms with Crippen molar-refractivity contribution in [3.05, 3.63) is 64.2 Å². The van der Waals surface area contributed by atoms with Crippen LogP contribution < -0.4 is 4.90 Å². The molecule has 1 unspecified atom stereocenters. The van der Waals surface area contributed by atoms with E-state index in [1.807, 2.05) is 6.07 Å². The van der Waals surface area contributed by atoms with Crippen LogP contribution in [0.3, 0.4) is 0 Å². The number of amides is 1. The van der Waals surface area contributed by atoms with E-state index >= 15 is 0 Å². The quantitative estimate of drug-likeness (QED) is 0.683. The molecule has 2 aromatic rings. The molecule has 0 saturated heterocycles. The number of fused-ring (bicyclic) bond motifs is 1. The van der Waals surface area contributed by atoms with Gasteiger partial charge in [0.15, 0.2) is 0 Å². The van der Waals surface area contributed by atoms with Gasteiger partial charge in [0.25, 0.3) is 5.91 Å². The molecular formula is C21H23ClF2N2O. The number of hydrogen-bond donors (Lipinski definition) is 0. The molecule has 1 heterocycles. The first-order chi connectivity index (χ1) is 12.9. The average molecular weight is 393 g/mol. The predicted molar refractivity (Wildman–Crippen MR) is 105 cm³/mol. The van der Waals surface area contributed by atoms with Gasteiger partial charge in [-0.3, -0.25) is 4.79 Å². The molecule has 0 saturated carbocycles. The van der Waals surface area contributed by atoms with Crippen LogP contribution in [0.5, 0.6) is 0 Å². The molecule has 0 radical (unpaired) electrons. The van der Waals surface area contributed by atoms with Gasteiger partial charge in [-0.25, -0.2) is 8.78 Å². The highest BCUT2D eigenvalue weighted by Crippen LogP contribution is 2.40. The summed E-state index contributed by atoms with van der Waals surface area (Å²) < 4.78 is 28.2. The highest BCUT2D eigenvalue weighted by atomic mass is 35.5. The van der Waals surface area contributed by atoms with Gasteiger partial charge in [-0.15, -0.1) is 0 Å². The molecule has 3 nitrogen and oxygen atoms in total. The molecule has 0 bridgehead atoms. The van der Waals surface area contributed by atoms with Crippen molar-refractivity contribution in [3.63, 3.8) is 0 Å². The fourth-order valence-electron chi connectivity index (χ4n) is 3.66.